The second kappa shape index (κ2) is 44.3. The van der Waals surface area contributed by atoms with E-state index in [0.717, 1.165) is 35.3 Å². The van der Waals surface area contributed by atoms with Crippen molar-refractivity contribution in [3.63, 3.8) is 0 Å². The van der Waals surface area contributed by atoms with Crippen LogP contribution in [-0.4, -0.2) is 455 Å². The largest absolute Gasteiger partial charge is 0.394 e. The lowest BCUT2D eigenvalue weighted by atomic mass is 9.90. The van der Waals surface area contributed by atoms with Crippen LogP contribution in [0.1, 0.15) is 26.2 Å². The number of hydrogen-bond donors (Lipinski definition) is 26. The van der Waals surface area contributed by atoms with Crippen molar-refractivity contribution in [1.82, 2.24) is 10.6 Å². The number of rotatable bonds is 40. The Morgan fingerprint density at radius 2 is 0.702 bits per heavy atom. The lowest BCUT2D eigenvalue weighted by molar-refractivity contribution is -0.338. The molecule has 104 heavy (non-hydrogen) atoms. The number of thiocarbonyl (C=S) groups is 1. The van der Waals surface area contributed by atoms with Crippen molar-refractivity contribution in [2.45, 2.75) is 232 Å². The van der Waals surface area contributed by atoms with Crippen LogP contribution >= 0.6 is 59.3 Å². The van der Waals surface area contributed by atoms with E-state index in [1.54, 1.807) is 6.92 Å². The average molecular weight is 1610 g/mol. The summed E-state index contributed by atoms with van der Waals surface area (Å²) in [6, 6.07) is 0. The normalized spacial score (nSPS) is 43.6. The maximum Gasteiger partial charge on any atom is 0.187 e. The Labute approximate surface area is 621 Å². The van der Waals surface area contributed by atoms with Crippen LogP contribution in [0.15, 0.2) is 0 Å². The first kappa shape index (κ1) is 90.8. The zero-order valence-electron chi connectivity index (χ0n) is 56.8. The number of aliphatic hydroxyl groups excluding tert-OH is 24. The lowest BCUT2D eigenvalue weighted by Crippen LogP contribution is -2.64. The summed E-state index contributed by atoms with van der Waals surface area (Å²) >= 11 is 10.4. The minimum absolute atomic E-state index is 0.0362. The summed E-state index contributed by atoms with van der Waals surface area (Å²) < 4.78 is 75.7. The fraction of sp³-hybridized carbons (Fsp3) is 0.983. The molecule has 14 unspecified atom stereocenters. The molecule has 0 aliphatic carbocycles. The number of nitrogens with one attached hydrogen (secondary N) is 2. The molecule has 0 spiro atoms. The molecule has 7 fully saturated rings. The second-order valence-electron chi connectivity index (χ2n) is 26.4. The van der Waals surface area contributed by atoms with Gasteiger partial charge in [0.25, 0.3) is 0 Å². The molecule has 44 heteroatoms. The Morgan fingerprint density at radius 3 is 1.03 bits per heavy atom. The summed E-state index contributed by atoms with van der Waals surface area (Å²) in [7, 11) is 0. The first-order valence-electron chi connectivity index (χ1n) is 34.2. The highest BCUT2D eigenvalue weighted by Crippen LogP contribution is 2.38. The number of hydrogen-bond acceptors (Lipinski definition) is 42. The van der Waals surface area contributed by atoms with Crippen LogP contribution in [0.2, 0.25) is 0 Å². The second-order valence-corrected chi connectivity index (χ2v) is 31.6. The predicted molar refractivity (Wildman–Crippen MR) is 363 cm³/mol. The molecule has 0 radical (unpaired) electrons. The molecule has 0 aromatic heterocycles. The van der Waals surface area contributed by atoms with Crippen LogP contribution < -0.4 is 10.6 Å². The van der Waals surface area contributed by atoms with Crippen molar-refractivity contribution >= 4 is 64.4 Å². The van der Waals surface area contributed by atoms with E-state index < -0.39 is 257 Å². The fourth-order valence-electron chi connectivity index (χ4n) is 12.3. The Kier molecular flexibility index (Phi) is 38.7. The van der Waals surface area contributed by atoms with Crippen LogP contribution in [0.4, 0.5) is 0 Å². The fourth-order valence-corrected chi connectivity index (χ4v) is 16.8. The molecular weight excluding hydrogens is 1500 g/mol. The van der Waals surface area contributed by atoms with Crippen LogP contribution in [0.5, 0.6) is 0 Å². The van der Waals surface area contributed by atoms with E-state index in [1.165, 1.54) is 11.8 Å². The quantitative estimate of drug-likeness (QED) is 0.0200. The predicted octanol–water partition coefficient (Wildman–Crippen LogP) is -12.5. The van der Waals surface area contributed by atoms with E-state index in [0.29, 0.717) is 37.3 Å². The Balaban J connectivity index is 0.991. The SMILES string of the molecule is C[C@@H]1C(CSCCNC(=S)NCC(COCCCS[C@@H]2OC(CO)[C@@H](O[C@@H]3OC(CO)[C@H](O)C(O)[C@@H]3O)C(O)[C@@H]2O)(COCCCS[C@@H]2OC(CO)[C@@H](O[C@@H]3OC(CO)[C@H](O)C(O)[C@@H]3O)C(O)[C@@H]2O)COCCCS[C@@H]2OC(CO)[C@@H](O[C@@H]3OC(CO)[C@H](O)C(O)[C@@H]3O)C(O)[C@@H]2O)O[C@H](O)[C@@H](O)C1O. The molecule has 7 aliphatic heterocycles. The summed E-state index contributed by atoms with van der Waals surface area (Å²) in [5, 5.41) is 258. The minimum atomic E-state index is -1.86. The first-order valence-corrected chi connectivity index (χ1v) is 38.9. The van der Waals surface area contributed by atoms with Crippen LogP contribution in [0.25, 0.3) is 0 Å². The molecule has 0 aromatic carbocycles. The Morgan fingerprint density at radius 1 is 0.365 bits per heavy atom. The van der Waals surface area contributed by atoms with Gasteiger partial charge in [0.1, 0.15) is 169 Å². The van der Waals surface area contributed by atoms with E-state index in [4.69, 9.17) is 73.8 Å². The smallest absolute Gasteiger partial charge is 0.187 e. The lowest BCUT2D eigenvalue weighted by Gasteiger charge is -2.46. The maximum absolute atomic E-state index is 11.2. The summed E-state index contributed by atoms with van der Waals surface area (Å²) in [4.78, 5) is 0. The third-order valence-corrected chi connectivity index (χ3v) is 23.8. The molecule has 26 N–H and O–H groups in total. The third-order valence-electron chi connectivity index (χ3n) is 18.8. The summed E-state index contributed by atoms with van der Waals surface area (Å²) in [6.07, 6.45) is -47.9. The highest BCUT2D eigenvalue weighted by atomic mass is 32.2. The van der Waals surface area contributed by atoms with E-state index in [9.17, 15) is 123 Å². The van der Waals surface area contributed by atoms with Crippen molar-refractivity contribution in [3.8, 4) is 0 Å². The topological polar surface area (TPSA) is 630 Å². The zero-order chi connectivity index (χ0) is 76.3. The van der Waals surface area contributed by atoms with Crippen molar-refractivity contribution < 1.29 is 184 Å². The minimum Gasteiger partial charge on any atom is -0.394 e. The number of thioether (sulfide) groups is 4. The summed E-state index contributed by atoms with van der Waals surface area (Å²) in [5.74, 6) is 1.08. The van der Waals surface area contributed by atoms with Crippen molar-refractivity contribution in [1.29, 1.82) is 0 Å². The van der Waals surface area contributed by atoms with E-state index in [-0.39, 0.29) is 68.6 Å². The molecule has 7 rings (SSSR count). The van der Waals surface area contributed by atoms with E-state index in [1.807, 2.05) is 0 Å². The summed E-state index contributed by atoms with van der Waals surface area (Å²) in [6.45, 7) is -2.51. The molecular formula is C60H108N2O37S5. The van der Waals surface area contributed by atoms with E-state index in [2.05, 4.69) is 10.6 Å². The van der Waals surface area contributed by atoms with Gasteiger partial charge in [0, 0.05) is 50.3 Å². The molecule has 0 amide bonds. The van der Waals surface area contributed by atoms with Gasteiger partial charge >= 0.3 is 0 Å². The zero-order valence-corrected chi connectivity index (χ0v) is 60.9. The van der Waals surface area contributed by atoms with Crippen LogP contribution in [0, 0.1) is 11.3 Å². The van der Waals surface area contributed by atoms with Gasteiger partial charge in [-0.1, -0.05) is 6.92 Å². The molecule has 7 saturated heterocycles. The Bertz CT molecular complexity index is 2220. The van der Waals surface area contributed by atoms with Gasteiger partial charge < -0.3 is 195 Å². The van der Waals surface area contributed by atoms with Crippen LogP contribution in [0.3, 0.4) is 0 Å². The van der Waals surface area contributed by atoms with Gasteiger partial charge in [-0.3, -0.25) is 0 Å². The highest BCUT2D eigenvalue weighted by Gasteiger charge is 2.55. The standard InChI is InChI=1S/C60H108N2O37S5/c1-24-31(90-52(86)42(79)32(24)69)19-101-12-5-61-59(100)62-20-60(21-87-6-2-9-102-56-46(83)39(76)49(28(16-66)94-56)97-53-43(80)36(73)33(70)25(13-63)91-53,22-88-7-3-10-103-57-47(84)40(77)50(29(17-67)95-57)98-54-44(81)37(74)34(71)26(14-64)92-54)23-89-8-4-11-104-58-48(85)41(78)51(30(18-68)96-58)99-55-45(82)38(75)35(72)27(15-65)93-55/h24-58,63-86H,2-23H2,1H3,(H2,61,62,100)/t24-,25?,26?,27?,28?,29?,30?,31?,32?,33+,34+,35+,36?,37?,38?,39?,40?,41?,42+,43+,44+,45+,46+,47+,48+,49-,50-,51-,52+,53+,54+,55+,56+,57+,58+,60?/m1/s1. The van der Waals surface area contributed by atoms with Gasteiger partial charge in [-0.15, -0.1) is 35.3 Å². The Hall–Kier alpha value is -0.390. The number of ether oxygens (including phenoxy) is 13. The first-order chi connectivity index (χ1) is 49.6. The van der Waals surface area contributed by atoms with Gasteiger partial charge in [0.05, 0.1) is 77.1 Å². The molecule has 0 aromatic rings. The number of aliphatic hydroxyl groups is 24. The molecule has 39 nitrogen and oxygen atoms in total. The molecule has 35 atom stereocenters. The average Bonchev–Trinajstić information content (AvgIpc) is 0.796. The third kappa shape index (κ3) is 23.9. The molecule has 610 valence electrons. The van der Waals surface area contributed by atoms with Gasteiger partial charge in [-0.25, -0.2) is 0 Å². The van der Waals surface area contributed by atoms with Crippen molar-refractivity contribution in [2.75, 3.05) is 121 Å². The van der Waals surface area contributed by atoms with Crippen LogP contribution in [-0.2, 0) is 61.6 Å². The molecule has 7 heterocycles. The van der Waals surface area contributed by atoms with Gasteiger partial charge in [0.15, 0.2) is 30.3 Å². The summed E-state index contributed by atoms with van der Waals surface area (Å²) in [5.41, 5.74) is -4.52. The molecule has 0 saturated carbocycles. The van der Waals surface area contributed by atoms with Gasteiger partial charge in [-0.2, -0.15) is 11.8 Å². The molecule has 0 bridgehead atoms. The molecule has 7 aliphatic rings. The van der Waals surface area contributed by atoms with Gasteiger partial charge in [-0.05, 0) is 48.7 Å². The van der Waals surface area contributed by atoms with Crippen molar-refractivity contribution in [3.05, 3.63) is 0 Å². The monoisotopic (exact) mass is 1610 g/mol. The maximum atomic E-state index is 11.2. The highest BCUT2D eigenvalue weighted by molar-refractivity contribution is 8.00. The van der Waals surface area contributed by atoms with Crippen molar-refractivity contribution in [2.24, 2.45) is 11.3 Å². The van der Waals surface area contributed by atoms with E-state index >= 15 is 0 Å². The van der Waals surface area contributed by atoms with Gasteiger partial charge in [0.2, 0.25) is 0 Å².